The first-order valence-corrected chi connectivity index (χ1v) is 8.05. The number of nitro groups is 1. The highest BCUT2D eigenvalue weighted by Crippen LogP contribution is 2.37. The van der Waals surface area contributed by atoms with Crippen LogP contribution < -0.4 is 0 Å². The largest absolute Gasteiger partial charge is 0.508 e. The first-order chi connectivity index (χ1) is 13.8. The molecule has 146 valence electrons. The summed E-state index contributed by atoms with van der Waals surface area (Å²) >= 11 is 0. The van der Waals surface area contributed by atoms with Gasteiger partial charge in [-0.15, -0.1) is 10.2 Å². The van der Waals surface area contributed by atoms with Crippen LogP contribution in [0.4, 0.5) is 17.1 Å². The molecular weight excluding hydrogens is 382 g/mol. The number of carbonyl (C=O) groups is 1. The molecule has 0 aliphatic heterocycles. The van der Waals surface area contributed by atoms with E-state index >= 15 is 0 Å². The van der Waals surface area contributed by atoms with Gasteiger partial charge in [0.05, 0.1) is 16.1 Å². The van der Waals surface area contributed by atoms with E-state index in [4.69, 9.17) is 0 Å². The molecule has 0 aliphatic rings. The van der Waals surface area contributed by atoms with Crippen LogP contribution in [0.15, 0.2) is 64.8 Å². The zero-order valence-electron chi connectivity index (χ0n) is 14.6. The quantitative estimate of drug-likeness (QED) is 0.219. The molecule has 10 heteroatoms. The molecular formula is C19H13N3O7. The highest BCUT2D eigenvalue weighted by molar-refractivity contribution is 6.12. The number of aromatic hydroxyl groups is 4. The number of hydrogen-bond donors (Lipinski definition) is 4. The first kappa shape index (κ1) is 19.3. The average Bonchev–Trinajstić information content (AvgIpc) is 2.67. The molecule has 0 aromatic heterocycles. The third-order valence-electron chi connectivity index (χ3n) is 3.91. The molecule has 0 atom stereocenters. The third kappa shape index (κ3) is 3.95. The molecule has 0 saturated heterocycles. The van der Waals surface area contributed by atoms with Gasteiger partial charge in [-0.05, 0) is 24.3 Å². The van der Waals surface area contributed by atoms with E-state index in [1.54, 1.807) is 0 Å². The van der Waals surface area contributed by atoms with Crippen molar-refractivity contribution >= 4 is 22.8 Å². The summed E-state index contributed by atoms with van der Waals surface area (Å²) in [5.74, 6) is -2.67. The molecule has 0 heterocycles. The fourth-order valence-corrected chi connectivity index (χ4v) is 2.50. The Balaban J connectivity index is 2.02. The Hall–Kier alpha value is -4.47. The summed E-state index contributed by atoms with van der Waals surface area (Å²) in [6.07, 6.45) is 0. The zero-order chi connectivity index (χ0) is 21.1. The lowest BCUT2D eigenvalue weighted by Crippen LogP contribution is -2.02. The van der Waals surface area contributed by atoms with Crippen LogP contribution in [0, 0.1) is 10.1 Å². The van der Waals surface area contributed by atoms with E-state index in [0.29, 0.717) is 0 Å². The van der Waals surface area contributed by atoms with E-state index in [2.05, 4.69) is 10.2 Å². The van der Waals surface area contributed by atoms with Crippen molar-refractivity contribution in [1.82, 2.24) is 0 Å². The number of nitro benzene ring substituents is 1. The minimum absolute atomic E-state index is 0.0750. The molecule has 0 radical (unpaired) electrons. The number of phenols is 4. The van der Waals surface area contributed by atoms with E-state index in [9.17, 15) is 35.3 Å². The number of phenolic OH excluding ortho intramolecular Hbond substituents is 4. The molecule has 0 aliphatic carbocycles. The fraction of sp³-hybridized carbons (Fsp3) is 0. The van der Waals surface area contributed by atoms with Crippen LogP contribution in [0.25, 0.3) is 0 Å². The smallest absolute Gasteiger partial charge is 0.296 e. The summed E-state index contributed by atoms with van der Waals surface area (Å²) < 4.78 is 0. The summed E-state index contributed by atoms with van der Waals surface area (Å²) in [6.45, 7) is 0. The van der Waals surface area contributed by atoms with Gasteiger partial charge in [-0.25, -0.2) is 0 Å². The van der Waals surface area contributed by atoms with E-state index in [1.807, 2.05) is 0 Å². The van der Waals surface area contributed by atoms with Crippen molar-refractivity contribution in [2.24, 2.45) is 10.2 Å². The van der Waals surface area contributed by atoms with E-state index in [1.165, 1.54) is 30.3 Å². The Morgan fingerprint density at radius 1 is 0.793 bits per heavy atom. The maximum atomic E-state index is 12.6. The Morgan fingerprint density at radius 3 is 2.14 bits per heavy atom. The summed E-state index contributed by atoms with van der Waals surface area (Å²) in [5, 5.41) is 57.7. The Kier molecular flexibility index (Phi) is 5.09. The van der Waals surface area contributed by atoms with Crippen LogP contribution >= 0.6 is 0 Å². The Labute approximate surface area is 162 Å². The summed E-state index contributed by atoms with van der Waals surface area (Å²) in [7, 11) is 0. The SMILES string of the molecule is O=C(c1ccc(O)cc1O)c1cc(N=Nc2ccccc2[N+](=O)[O-])c(O)cc1O. The van der Waals surface area contributed by atoms with Crippen molar-refractivity contribution in [2.45, 2.75) is 0 Å². The lowest BCUT2D eigenvalue weighted by Gasteiger charge is -2.08. The molecule has 0 saturated carbocycles. The van der Waals surface area contributed by atoms with Crippen LogP contribution in [-0.2, 0) is 0 Å². The molecule has 4 N–H and O–H groups in total. The number of nitrogens with zero attached hydrogens (tertiary/aromatic N) is 3. The lowest BCUT2D eigenvalue weighted by molar-refractivity contribution is -0.384. The van der Waals surface area contributed by atoms with Gasteiger partial charge < -0.3 is 20.4 Å². The standard InChI is InChI=1S/C19H13N3O7/c23-10-5-6-11(16(24)7-10)19(27)12-8-14(18(26)9-17(12)25)21-20-13-3-1-2-4-15(13)22(28)29/h1-9,23-26H. The second kappa shape index (κ2) is 7.64. The molecule has 0 unspecified atom stereocenters. The lowest BCUT2D eigenvalue weighted by atomic mass is 10.0. The second-order valence-corrected chi connectivity index (χ2v) is 5.83. The minimum Gasteiger partial charge on any atom is -0.508 e. The molecule has 3 rings (SSSR count). The van der Waals surface area contributed by atoms with Crippen molar-refractivity contribution in [3.05, 3.63) is 75.8 Å². The van der Waals surface area contributed by atoms with Crippen molar-refractivity contribution < 1.29 is 30.1 Å². The van der Waals surface area contributed by atoms with Crippen LogP contribution in [0.2, 0.25) is 0 Å². The highest BCUT2D eigenvalue weighted by Gasteiger charge is 2.20. The minimum atomic E-state index is -0.804. The zero-order valence-corrected chi connectivity index (χ0v) is 14.6. The Bertz CT molecular complexity index is 1160. The van der Waals surface area contributed by atoms with Crippen LogP contribution in [0.1, 0.15) is 15.9 Å². The number of hydrogen-bond acceptors (Lipinski definition) is 9. The third-order valence-corrected chi connectivity index (χ3v) is 3.91. The van der Waals surface area contributed by atoms with E-state index in [-0.39, 0.29) is 33.9 Å². The number of azo groups is 1. The van der Waals surface area contributed by atoms with Gasteiger partial charge in [0.15, 0.2) is 5.69 Å². The number of carbonyl (C=O) groups excluding carboxylic acids is 1. The van der Waals surface area contributed by atoms with E-state index in [0.717, 1.165) is 24.3 Å². The average molecular weight is 395 g/mol. The van der Waals surface area contributed by atoms with Gasteiger partial charge in [-0.2, -0.15) is 0 Å². The summed E-state index contributed by atoms with van der Waals surface area (Å²) in [5.41, 5.74) is -1.12. The number of para-hydroxylation sites is 1. The maximum Gasteiger partial charge on any atom is 0.296 e. The van der Waals surface area contributed by atoms with Gasteiger partial charge in [0, 0.05) is 18.2 Å². The first-order valence-electron chi connectivity index (χ1n) is 8.05. The van der Waals surface area contributed by atoms with E-state index < -0.39 is 28.0 Å². The molecule has 0 fully saturated rings. The van der Waals surface area contributed by atoms with Gasteiger partial charge >= 0.3 is 0 Å². The van der Waals surface area contributed by atoms with Gasteiger partial charge in [-0.3, -0.25) is 14.9 Å². The fourth-order valence-electron chi connectivity index (χ4n) is 2.50. The monoisotopic (exact) mass is 395 g/mol. The maximum absolute atomic E-state index is 12.6. The summed E-state index contributed by atoms with van der Waals surface area (Å²) in [6, 6.07) is 10.7. The van der Waals surface area contributed by atoms with Crippen LogP contribution in [0.3, 0.4) is 0 Å². The van der Waals surface area contributed by atoms with Crippen molar-refractivity contribution in [2.75, 3.05) is 0 Å². The molecule has 3 aromatic carbocycles. The van der Waals surface area contributed by atoms with Crippen LogP contribution in [-0.4, -0.2) is 31.1 Å². The number of benzene rings is 3. The Morgan fingerprint density at radius 2 is 1.45 bits per heavy atom. The molecule has 0 spiro atoms. The van der Waals surface area contributed by atoms with Gasteiger partial charge in [0.1, 0.15) is 28.7 Å². The van der Waals surface area contributed by atoms with Gasteiger partial charge in [0.2, 0.25) is 5.78 Å². The highest BCUT2D eigenvalue weighted by atomic mass is 16.6. The van der Waals surface area contributed by atoms with Crippen molar-refractivity contribution in [3.63, 3.8) is 0 Å². The molecule has 0 amide bonds. The molecule has 3 aromatic rings. The van der Waals surface area contributed by atoms with Crippen molar-refractivity contribution in [1.29, 1.82) is 0 Å². The molecule has 0 bridgehead atoms. The topological polar surface area (TPSA) is 166 Å². The summed E-state index contributed by atoms with van der Waals surface area (Å²) in [4.78, 5) is 23.0. The number of rotatable bonds is 5. The van der Waals surface area contributed by atoms with Gasteiger partial charge in [0.25, 0.3) is 5.69 Å². The van der Waals surface area contributed by atoms with Gasteiger partial charge in [-0.1, -0.05) is 12.1 Å². The number of ketones is 1. The van der Waals surface area contributed by atoms with Crippen LogP contribution in [0.5, 0.6) is 23.0 Å². The predicted octanol–water partition coefficient (Wildman–Crippen LogP) is 4.06. The normalized spacial score (nSPS) is 10.9. The molecule has 29 heavy (non-hydrogen) atoms. The molecule has 10 nitrogen and oxygen atoms in total. The van der Waals surface area contributed by atoms with Crippen molar-refractivity contribution in [3.8, 4) is 23.0 Å². The second-order valence-electron chi connectivity index (χ2n) is 5.83. The predicted molar refractivity (Wildman–Crippen MR) is 100 cm³/mol.